The van der Waals surface area contributed by atoms with Gasteiger partial charge in [-0.2, -0.15) is 4.98 Å². The summed E-state index contributed by atoms with van der Waals surface area (Å²) in [5, 5.41) is 3.87. The van der Waals surface area contributed by atoms with E-state index in [4.69, 9.17) is 18.7 Å². The summed E-state index contributed by atoms with van der Waals surface area (Å²) < 4.78 is 21.8. The van der Waals surface area contributed by atoms with E-state index in [0.29, 0.717) is 23.1 Å². The topological polar surface area (TPSA) is 83.7 Å². The highest BCUT2D eigenvalue weighted by Crippen LogP contribution is 2.38. The van der Waals surface area contributed by atoms with E-state index < -0.39 is 5.78 Å². The third-order valence-corrected chi connectivity index (χ3v) is 4.18. The van der Waals surface area contributed by atoms with Gasteiger partial charge in [0.1, 0.15) is 0 Å². The van der Waals surface area contributed by atoms with Crippen molar-refractivity contribution < 1.29 is 23.5 Å². The number of hydrogen-bond acceptors (Lipinski definition) is 7. The highest BCUT2D eigenvalue weighted by atomic mass is 79.9. The molecule has 0 saturated heterocycles. The van der Waals surface area contributed by atoms with Crippen molar-refractivity contribution in [1.29, 1.82) is 0 Å². The first kappa shape index (κ1) is 17.9. The van der Waals surface area contributed by atoms with Gasteiger partial charge in [0, 0.05) is 15.6 Å². The number of nitrogens with zero attached hydrogens (tertiary/aromatic N) is 2. The molecule has 0 amide bonds. The first-order valence-corrected chi connectivity index (χ1v) is 8.31. The number of ketones is 1. The van der Waals surface area contributed by atoms with Crippen molar-refractivity contribution in [3.63, 3.8) is 0 Å². The second kappa shape index (κ2) is 7.57. The monoisotopic (exact) mass is 418 g/mol. The van der Waals surface area contributed by atoms with Crippen molar-refractivity contribution in [2.24, 2.45) is 0 Å². The van der Waals surface area contributed by atoms with E-state index in [9.17, 15) is 4.79 Å². The SMILES string of the molecule is COc1cc(C(=O)c2nc(-c3ccc(Br)cc3)no2)cc(OC)c1OC. The molecule has 0 radical (unpaired) electrons. The highest BCUT2D eigenvalue weighted by Gasteiger charge is 2.22. The average Bonchev–Trinajstić information content (AvgIpc) is 3.16. The van der Waals surface area contributed by atoms with Crippen LogP contribution in [0, 0.1) is 0 Å². The second-order valence-electron chi connectivity index (χ2n) is 5.17. The Morgan fingerprint density at radius 2 is 1.62 bits per heavy atom. The number of benzene rings is 2. The molecule has 1 heterocycles. The zero-order valence-electron chi connectivity index (χ0n) is 14.3. The summed E-state index contributed by atoms with van der Waals surface area (Å²) in [6.07, 6.45) is 0. The van der Waals surface area contributed by atoms with E-state index >= 15 is 0 Å². The number of methoxy groups -OCH3 is 3. The van der Waals surface area contributed by atoms with E-state index in [2.05, 4.69) is 26.1 Å². The summed E-state index contributed by atoms with van der Waals surface area (Å²) in [4.78, 5) is 16.9. The lowest BCUT2D eigenvalue weighted by Gasteiger charge is -2.12. The van der Waals surface area contributed by atoms with Gasteiger partial charge < -0.3 is 18.7 Å². The summed E-state index contributed by atoms with van der Waals surface area (Å²) >= 11 is 3.36. The van der Waals surface area contributed by atoms with Crippen molar-refractivity contribution >= 4 is 21.7 Å². The maximum atomic E-state index is 12.7. The Morgan fingerprint density at radius 3 is 2.15 bits per heavy atom. The van der Waals surface area contributed by atoms with Crippen LogP contribution < -0.4 is 14.2 Å². The fourth-order valence-corrected chi connectivity index (χ4v) is 2.63. The molecule has 0 unspecified atom stereocenters. The lowest BCUT2D eigenvalue weighted by molar-refractivity contribution is 0.0993. The van der Waals surface area contributed by atoms with Gasteiger partial charge in [-0.3, -0.25) is 4.79 Å². The summed E-state index contributed by atoms with van der Waals surface area (Å²) in [5.41, 5.74) is 1.02. The normalized spacial score (nSPS) is 10.5. The van der Waals surface area contributed by atoms with Crippen LogP contribution in [0.15, 0.2) is 45.4 Å². The van der Waals surface area contributed by atoms with Crippen LogP contribution >= 0.6 is 15.9 Å². The molecule has 0 spiro atoms. The number of carbonyl (C=O) groups excluding carboxylic acids is 1. The van der Waals surface area contributed by atoms with Crippen molar-refractivity contribution in [2.45, 2.75) is 0 Å². The van der Waals surface area contributed by atoms with E-state index in [-0.39, 0.29) is 11.5 Å². The molecule has 0 aliphatic heterocycles. The van der Waals surface area contributed by atoms with Crippen LogP contribution in [0.25, 0.3) is 11.4 Å². The zero-order valence-corrected chi connectivity index (χ0v) is 15.9. The van der Waals surface area contributed by atoms with Crippen molar-refractivity contribution in [1.82, 2.24) is 10.1 Å². The van der Waals surface area contributed by atoms with Crippen LogP contribution in [0.1, 0.15) is 16.2 Å². The fourth-order valence-electron chi connectivity index (χ4n) is 2.37. The van der Waals surface area contributed by atoms with Gasteiger partial charge in [0.05, 0.1) is 21.3 Å². The molecule has 0 atom stereocenters. The number of hydrogen-bond donors (Lipinski definition) is 0. The summed E-state index contributed by atoms with van der Waals surface area (Å²) in [5.74, 6) is 0.879. The van der Waals surface area contributed by atoms with Gasteiger partial charge in [-0.15, -0.1) is 0 Å². The molecular weight excluding hydrogens is 404 g/mol. The summed E-state index contributed by atoms with van der Waals surface area (Å²) in [6, 6.07) is 10.4. The molecule has 0 bridgehead atoms. The third-order valence-electron chi connectivity index (χ3n) is 3.65. The van der Waals surface area contributed by atoms with Crippen LogP contribution in [0.3, 0.4) is 0 Å². The van der Waals surface area contributed by atoms with Gasteiger partial charge >= 0.3 is 0 Å². The minimum Gasteiger partial charge on any atom is -0.493 e. The molecule has 3 rings (SSSR count). The predicted octanol–water partition coefficient (Wildman–Crippen LogP) is 3.76. The Kier molecular flexibility index (Phi) is 5.22. The van der Waals surface area contributed by atoms with Crippen LogP contribution in [0.5, 0.6) is 17.2 Å². The number of aromatic nitrogens is 2. The molecule has 1 aromatic heterocycles. The number of rotatable bonds is 6. The van der Waals surface area contributed by atoms with E-state index in [1.165, 1.54) is 33.5 Å². The van der Waals surface area contributed by atoms with Gasteiger partial charge in [0.25, 0.3) is 11.7 Å². The van der Waals surface area contributed by atoms with Gasteiger partial charge in [0.15, 0.2) is 11.5 Å². The zero-order chi connectivity index (χ0) is 18.7. The summed E-state index contributed by atoms with van der Waals surface area (Å²) in [6.45, 7) is 0. The maximum absolute atomic E-state index is 12.7. The lowest BCUT2D eigenvalue weighted by Crippen LogP contribution is -2.04. The predicted molar refractivity (Wildman–Crippen MR) is 97.0 cm³/mol. The minimum atomic E-state index is -0.444. The molecule has 2 aromatic carbocycles. The van der Waals surface area contributed by atoms with E-state index in [1.54, 1.807) is 0 Å². The Morgan fingerprint density at radius 1 is 1.00 bits per heavy atom. The molecule has 0 saturated carbocycles. The number of ether oxygens (including phenoxy) is 3. The molecular formula is C18H15BrN2O5. The first-order chi connectivity index (χ1) is 12.6. The third kappa shape index (κ3) is 3.41. The number of halogens is 1. The molecule has 0 fully saturated rings. The van der Waals surface area contributed by atoms with Crippen LogP contribution in [0.2, 0.25) is 0 Å². The standard InChI is InChI=1S/C18H15BrN2O5/c1-23-13-8-11(9-14(24-2)16(13)25-3)15(22)18-20-17(21-26-18)10-4-6-12(19)7-5-10/h4-9H,1-3H3. The Labute approximate surface area is 158 Å². The molecule has 26 heavy (non-hydrogen) atoms. The van der Waals surface area contributed by atoms with Crippen molar-refractivity contribution in [3.05, 3.63) is 52.3 Å². The molecule has 3 aromatic rings. The van der Waals surface area contributed by atoms with Crippen LogP contribution in [-0.4, -0.2) is 37.3 Å². The van der Waals surface area contributed by atoms with Gasteiger partial charge in [-0.05, 0) is 36.4 Å². The minimum absolute atomic E-state index is 0.128. The van der Waals surface area contributed by atoms with Crippen molar-refractivity contribution in [3.8, 4) is 28.6 Å². The largest absolute Gasteiger partial charge is 0.493 e. The molecule has 7 nitrogen and oxygen atoms in total. The second-order valence-corrected chi connectivity index (χ2v) is 6.09. The molecule has 134 valence electrons. The smallest absolute Gasteiger partial charge is 0.299 e. The van der Waals surface area contributed by atoms with Gasteiger partial charge in [-0.25, -0.2) is 0 Å². The van der Waals surface area contributed by atoms with Crippen LogP contribution in [-0.2, 0) is 0 Å². The molecule has 0 N–H and O–H groups in total. The highest BCUT2D eigenvalue weighted by molar-refractivity contribution is 9.10. The first-order valence-electron chi connectivity index (χ1n) is 7.51. The Hall–Kier alpha value is -2.87. The molecule has 0 aliphatic carbocycles. The van der Waals surface area contributed by atoms with E-state index in [1.807, 2.05) is 24.3 Å². The molecule has 8 heteroatoms. The average molecular weight is 419 g/mol. The van der Waals surface area contributed by atoms with E-state index in [0.717, 1.165) is 10.0 Å². The van der Waals surface area contributed by atoms with Gasteiger partial charge in [-0.1, -0.05) is 21.1 Å². The quantitative estimate of drug-likeness (QED) is 0.563. The fraction of sp³-hybridized carbons (Fsp3) is 0.167. The Bertz CT molecular complexity index is 912. The lowest BCUT2D eigenvalue weighted by atomic mass is 10.1. The van der Waals surface area contributed by atoms with Crippen molar-refractivity contribution in [2.75, 3.05) is 21.3 Å². The Balaban J connectivity index is 1.96. The summed E-state index contributed by atoms with van der Waals surface area (Å²) in [7, 11) is 4.44. The van der Waals surface area contributed by atoms with Gasteiger partial charge in [0.2, 0.25) is 11.6 Å². The molecule has 0 aliphatic rings. The van der Waals surface area contributed by atoms with Crippen LogP contribution in [0.4, 0.5) is 0 Å². The maximum Gasteiger partial charge on any atom is 0.299 e. The number of carbonyl (C=O) groups is 1.